The van der Waals surface area contributed by atoms with Gasteiger partial charge in [-0.05, 0) is 19.8 Å². The minimum absolute atomic E-state index is 0.00213. The van der Waals surface area contributed by atoms with E-state index in [2.05, 4.69) is 6.92 Å². The zero-order chi connectivity index (χ0) is 12.5. The van der Waals surface area contributed by atoms with Crippen molar-refractivity contribution in [2.45, 2.75) is 51.7 Å². The summed E-state index contributed by atoms with van der Waals surface area (Å²) in [6, 6.07) is -0.0121. The number of amides is 1. The minimum atomic E-state index is -0.125. The summed E-state index contributed by atoms with van der Waals surface area (Å²) in [5.41, 5.74) is 5.73. The van der Waals surface area contributed by atoms with Crippen molar-refractivity contribution in [3.8, 4) is 0 Å². The van der Waals surface area contributed by atoms with E-state index in [0.29, 0.717) is 19.1 Å². The molecule has 98 valence electrons. The van der Waals surface area contributed by atoms with E-state index in [-0.39, 0.29) is 17.6 Å². The lowest BCUT2D eigenvalue weighted by molar-refractivity contribution is -0.149. The van der Waals surface area contributed by atoms with Crippen molar-refractivity contribution < 1.29 is 9.53 Å². The van der Waals surface area contributed by atoms with Crippen LogP contribution in [0.2, 0.25) is 0 Å². The highest BCUT2D eigenvalue weighted by atomic mass is 16.5. The smallest absolute Gasteiger partial charge is 0.228 e. The maximum Gasteiger partial charge on any atom is 0.228 e. The number of nitrogens with two attached hydrogens (primary N) is 1. The number of carbonyl (C=O) groups is 1. The molecule has 2 N–H and O–H groups in total. The minimum Gasteiger partial charge on any atom is -0.373 e. The molecule has 1 amide bonds. The highest BCUT2D eigenvalue weighted by Gasteiger charge is 2.40. The number of ether oxygens (including phenoxy) is 1. The summed E-state index contributed by atoms with van der Waals surface area (Å²) in [4.78, 5) is 14.5. The van der Waals surface area contributed by atoms with Gasteiger partial charge in [0.05, 0.1) is 12.7 Å². The highest BCUT2D eigenvalue weighted by Crippen LogP contribution is 2.39. The van der Waals surface area contributed by atoms with Gasteiger partial charge in [-0.1, -0.05) is 19.8 Å². The molecule has 1 aliphatic heterocycles. The molecule has 2 fully saturated rings. The zero-order valence-corrected chi connectivity index (χ0v) is 10.9. The Morgan fingerprint density at radius 3 is 2.71 bits per heavy atom. The Bertz CT molecular complexity index is 285. The van der Waals surface area contributed by atoms with Gasteiger partial charge >= 0.3 is 0 Å². The molecule has 0 spiro atoms. The van der Waals surface area contributed by atoms with Gasteiger partial charge in [-0.3, -0.25) is 4.79 Å². The van der Waals surface area contributed by atoms with Crippen molar-refractivity contribution in [2.75, 3.05) is 19.7 Å². The molecular formula is C13H24N2O2. The predicted molar refractivity (Wildman–Crippen MR) is 66.5 cm³/mol. The Kier molecular flexibility index (Phi) is 3.73. The molecule has 1 saturated carbocycles. The Labute approximate surface area is 103 Å². The number of rotatable bonds is 2. The van der Waals surface area contributed by atoms with Gasteiger partial charge in [0.1, 0.15) is 0 Å². The fourth-order valence-electron chi connectivity index (χ4n) is 2.93. The number of carbonyl (C=O) groups excluding carboxylic acids is 1. The molecule has 0 aromatic carbocycles. The molecule has 2 atom stereocenters. The number of morpholine rings is 1. The van der Waals surface area contributed by atoms with E-state index < -0.39 is 0 Å². The Morgan fingerprint density at radius 2 is 2.12 bits per heavy atom. The van der Waals surface area contributed by atoms with E-state index in [9.17, 15) is 4.79 Å². The van der Waals surface area contributed by atoms with E-state index in [1.807, 2.05) is 11.8 Å². The first-order valence-corrected chi connectivity index (χ1v) is 6.69. The average molecular weight is 240 g/mol. The van der Waals surface area contributed by atoms with Crippen LogP contribution in [0.4, 0.5) is 0 Å². The van der Waals surface area contributed by atoms with E-state index in [4.69, 9.17) is 10.5 Å². The molecule has 1 aliphatic carbocycles. The standard InChI is InChI=1S/C13H24N2O2/c1-10(14)11-9-15(7-8-17-11)12(16)13(2)5-3-4-6-13/h10-11H,3-9,14H2,1-2H3. The fraction of sp³-hybridized carbons (Fsp3) is 0.923. The largest absolute Gasteiger partial charge is 0.373 e. The lowest BCUT2D eigenvalue weighted by atomic mass is 9.87. The van der Waals surface area contributed by atoms with Gasteiger partial charge in [0.2, 0.25) is 5.91 Å². The molecule has 0 aromatic rings. The maximum absolute atomic E-state index is 12.5. The van der Waals surface area contributed by atoms with E-state index in [1.54, 1.807) is 0 Å². The number of nitrogens with zero attached hydrogens (tertiary/aromatic N) is 1. The van der Waals surface area contributed by atoms with Crippen LogP contribution in [0.15, 0.2) is 0 Å². The fourth-order valence-corrected chi connectivity index (χ4v) is 2.93. The lowest BCUT2D eigenvalue weighted by Gasteiger charge is -2.38. The monoisotopic (exact) mass is 240 g/mol. The van der Waals surface area contributed by atoms with Crippen molar-refractivity contribution in [2.24, 2.45) is 11.1 Å². The quantitative estimate of drug-likeness (QED) is 0.787. The molecule has 2 unspecified atom stereocenters. The van der Waals surface area contributed by atoms with Crippen LogP contribution in [0, 0.1) is 5.41 Å². The summed E-state index contributed by atoms with van der Waals surface area (Å²) in [6.07, 6.45) is 4.43. The van der Waals surface area contributed by atoms with Crippen LogP contribution in [-0.2, 0) is 9.53 Å². The van der Waals surface area contributed by atoms with Crippen molar-refractivity contribution in [1.82, 2.24) is 4.90 Å². The summed E-state index contributed by atoms with van der Waals surface area (Å²) >= 11 is 0. The average Bonchev–Trinajstić information content (AvgIpc) is 2.76. The Morgan fingerprint density at radius 1 is 1.47 bits per heavy atom. The van der Waals surface area contributed by atoms with Crippen molar-refractivity contribution >= 4 is 5.91 Å². The first-order chi connectivity index (χ1) is 8.03. The van der Waals surface area contributed by atoms with Crippen LogP contribution in [-0.4, -0.2) is 42.6 Å². The molecule has 0 bridgehead atoms. The molecule has 17 heavy (non-hydrogen) atoms. The number of hydrogen-bond donors (Lipinski definition) is 1. The summed E-state index contributed by atoms with van der Waals surface area (Å²) in [5, 5.41) is 0. The first-order valence-electron chi connectivity index (χ1n) is 6.69. The summed E-state index contributed by atoms with van der Waals surface area (Å²) in [5.74, 6) is 0.309. The molecule has 2 aliphatic rings. The molecular weight excluding hydrogens is 216 g/mol. The lowest BCUT2D eigenvalue weighted by Crippen LogP contribution is -2.54. The second-order valence-corrected chi connectivity index (χ2v) is 5.79. The Hall–Kier alpha value is -0.610. The molecule has 4 heteroatoms. The topological polar surface area (TPSA) is 55.6 Å². The molecule has 1 heterocycles. The summed E-state index contributed by atoms with van der Waals surface area (Å²) in [7, 11) is 0. The van der Waals surface area contributed by atoms with Crippen LogP contribution in [0.1, 0.15) is 39.5 Å². The molecule has 0 aromatic heterocycles. The van der Waals surface area contributed by atoms with E-state index >= 15 is 0 Å². The second-order valence-electron chi connectivity index (χ2n) is 5.79. The van der Waals surface area contributed by atoms with Crippen LogP contribution in [0.3, 0.4) is 0 Å². The zero-order valence-electron chi connectivity index (χ0n) is 10.9. The van der Waals surface area contributed by atoms with Crippen molar-refractivity contribution in [1.29, 1.82) is 0 Å². The second kappa shape index (κ2) is 4.94. The number of hydrogen-bond acceptors (Lipinski definition) is 3. The van der Waals surface area contributed by atoms with Crippen LogP contribution < -0.4 is 5.73 Å². The van der Waals surface area contributed by atoms with Crippen LogP contribution >= 0.6 is 0 Å². The molecule has 2 rings (SSSR count). The third-order valence-electron chi connectivity index (χ3n) is 4.19. The van der Waals surface area contributed by atoms with Gasteiger partial charge in [0, 0.05) is 24.5 Å². The first kappa shape index (κ1) is 12.8. The third-order valence-corrected chi connectivity index (χ3v) is 4.19. The summed E-state index contributed by atoms with van der Waals surface area (Å²) < 4.78 is 5.60. The van der Waals surface area contributed by atoms with Crippen LogP contribution in [0.25, 0.3) is 0 Å². The van der Waals surface area contributed by atoms with Gasteiger partial charge in [-0.15, -0.1) is 0 Å². The maximum atomic E-state index is 12.5. The van der Waals surface area contributed by atoms with Crippen molar-refractivity contribution in [3.63, 3.8) is 0 Å². The van der Waals surface area contributed by atoms with Gasteiger partial charge in [-0.25, -0.2) is 0 Å². The molecule has 1 saturated heterocycles. The van der Waals surface area contributed by atoms with Gasteiger partial charge in [0.15, 0.2) is 0 Å². The summed E-state index contributed by atoms with van der Waals surface area (Å²) in [6.45, 7) is 6.05. The van der Waals surface area contributed by atoms with Gasteiger partial charge in [0.25, 0.3) is 0 Å². The van der Waals surface area contributed by atoms with Crippen LogP contribution in [0.5, 0.6) is 0 Å². The predicted octanol–water partition coefficient (Wildman–Crippen LogP) is 1.14. The van der Waals surface area contributed by atoms with E-state index in [1.165, 1.54) is 12.8 Å². The Balaban J connectivity index is 1.99. The van der Waals surface area contributed by atoms with Gasteiger partial charge < -0.3 is 15.4 Å². The molecule has 0 radical (unpaired) electrons. The molecule has 4 nitrogen and oxygen atoms in total. The highest BCUT2D eigenvalue weighted by molar-refractivity contribution is 5.82. The normalized spacial score (nSPS) is 30.3. The van der Waals surface area contributed by atoms with E-state index in [0.717, 1.165) is 19.4 Å². The third kappa shape index (κ3) is 2.63. The van der Waals surface area contributed by atoms with Crippen molar-refractivity contribution in [3.05, 3.63) is 0 Å². The van der Waals surface area contributed by atoms with Gasteiger partial charge in [-0.2, -0.15) is 0 Å². The SMILES string of the molecule is CC(N)C1CN(C(=O)C2(C)CCCC2)CCO1.